The van der Waals surface area contributed by atoms with Gasteiger partial charge >= 0.3 is 5.97 Å². The number of aryl methyl sites for hydroxylation is 2. The number of hydrogen-bond acceptors (Lipinski definition) is 4. The van der Waals surface area contributed by atoms with Crippen LogP contribution in [-0.4, -0.2) is 25.0 Å². The van der Waals surface area contributed by atoms with E-state index in [0.717, 1.165) is 37.8 Å². The molecule has 2 heterocycles. The Hall–Kier alpha value is -2.14. The third kappa shape index (κ3) is 5.94. The first-order valence-electron chi connectivity index (χ1n) is 11.2. The van der Waals surface area contributed by atoms with Gasteiger partial charge in [-0.2, -0.15) is 0 Å². The van der Waals surface area contributed by atoms with E-state index in [1.54, 1.807) is 0 Å². The number of amides is 1. The van der Waals surface area contributed by atoms with Crippen molar-refractivity contribution in [1.82, 2.24) is 0 Å². The SMILES string of the molecule is CCCCCCc1ccc(N2C(=O)CC[C@@H]2CCCc2ccc(C(=O)OC)s2)cc1. The largest absolute Gasteiger partial charge is 0.465 e. The molecule has 1 saturated heterocycles. The summed E-state index contributed by atoms with van der Waals surface area (Å²) >= 11 is 1.50. The van der Waals surface area contributed by atoms with E-state index in [4.69, 9.17) is 4.74 Å². The Bertz CT molecular complexity index is 827. The summed E-state index contributed by atoms with van der Waals surface area (Å²) in [5.74, 6) is -0.0348. The number of carbonyl (C=O) groups excluding carboxylic acids is 2. The molecule has 30 heavy (non-hydrogen) atoms. The number of unbranched alkanes of at least 4 members (excludes halogenated alkanes) is 3. The molecule has 1 amide bonds. The zero-order valence-corrected chi connectivity index (χ0v) is 19.0. The van der Waals surface area contributed by atoms with Gasteiger partial charge in [0, 0.05) is 23.0 Å². The summed E-state index contributed by atoms with van der Waals surface area (Å²) in [7, 11) is 1.41. The Labute approximate surface area is 184 Å². The van der Waals surface area contributed by atoms with Gasteiger partial charge in [0.1, 0.15) is 4.88 Å². The Morgan fingerprint density at radius 2 is 1.87 bits per heavy atom. The lowest BCUT2D eigenvalue weighted by Crippen LogP contribution is -2.32. The summed E-state index contributed by atoms with van der Waals surface area (Å²) in [6, 6.07) is 12.7. The van der Waals surface area contributed by atoms with Gasteiger partial charge in [0.25, 0.3) is 0 Å². The van der Waals surface area contributed by atoms with E-state index < -0.39 is 0 Å². The van der Waals surface area contributed by atoms with Crippen LogP contribution in [0.5, 0.6) is 0 Å². The molecular weight excluding hydrogens is 394 g/mol. The second-order valence-corrected chi connectivity index (χ2v) is 9.25. The molecule has 3 rings (SSSR count). The van der Waals surface area contributed by atoms with Gasteiger partial charge in [-0.15, -0.1) is 11.3 Å². The molecule has 1 atom stereocenters. The number of ether oxygens (including phenoxy) is 1. The Morgan fingerprint density at radius 1 is 1.07 bits per heavy atom. The number of thiophene rings is 1. The molecule has 0 aliphatic carbocycles. The minimum atomic E-state index is -0.271. The zero-order valence-electron chi connectivity index (χ0n) is 18.2. The van der Waals surface area contributed by atoms with Crippen LogP contribution in [0.4, 0.5) is 5.69 Å². The molecule has 0 N–H and O–H groups in total. The van der Waals surface area contributed by atoms with Crippen LogP contribution < -0.4 is 4.90 Å². The van der Waals surface area contributed by atoms with Gasteiger partial charge in [-0.25, -0.2) is 4.79 Å². The number of esters is 1. The normalized spacial score (nSPS) is 16.3. The highest BCUT2D eigenvalue weighted by Crippen LogP contribution is 2.30. The summed E-state index contributed by atoms with van der Waals surface area (Å²) in [4.78, 5) is 28.0. The molecule has 1 aromatic heterocycles. The lowest BCUT2D eigenvalue weighted by atomic mass is 10.0. The summed E-state index contributed by atoms with van der Waals surface area (Å²) in [6.07, 6.45) is 10.7. The molecule has 2 aromatic rings. The number of methoxy groups -OCH3 is 1. The first kappa shape index (κ1) is 22.5. The maximum absolute atomic E-state index is 12.5. The third-order valence-corrected chi connectivity index (χ3v) is 6.99. The van der Waals surface area contributed by atoms with Crippen LogP contribution in [0.2, 0.25) is 0 Å². The first-order chi connectivity index (χ1) is 14.6. The van der Waals surface area contributed by atoms with Crippen molar-refractivity contribution in [2.24, 2.45) is 0 Å². The molecule has 1 aliphatic heterocycles. The lowest BCUT2D eigenvalue weighted by molar-refractivity contribution is -0.117. The van der Waals surface area contributed by atoms with Gasteiger partial charge in [-0.3, -0.25) is 4.79 Å². The fourth-order valence-electron chi connectivity index (χ4n) is 4.19. The highest BCUT2D eigenvalue weighted by atomic mass is 32.1. The molecule has 1 aromatic carbocycles. The fourth-order valence-corrected chi connectivity index (χ4v) is 5.15. The topological polar surface area (TPSA) is 46.6 Å². The van der Waals surface area contributed by atoms with Gasteiger partial charge in [0.15, 0.2) is 0 Å². The highest BCUT2D eigenvalue weighted by molar-refractivity contribution is 7.13. The number of carbonyl (C=O) groups is 2. The summed E-state index contributed by atoms with van der Waals surface area (Å²) in [5, 5.41) is 0. The Balaban J connectivity index is 1.52. The maximum atomic E-state index is 12.5. The van der Waals surface area contributed by atoms with Gasteiger partial charge < -0.3 is 9.64 Å². The molecule has 0 bridgehead atoms. The van der Waals surface area contributed by atoms with E-state index in [2.05, 4.69) is 31.2 Å². The molecule has 162 valence electrons. The summed E-state index contributed by atoms with van der Waals surface area (Å²) in [5.41, 5.74) is 2.39. The molecule has 0 radical (unpaired) electrons. The molecule has 1 aliphatic rings. The fraction of sp³-hybridized carbons (Fsp3) is 0.520. The van der Waals surface area contributed by atoms with Crippen LogP contribution in [0.1, 0.15) is 78.4 Å². The standard InChI is InChI=1S/C25H33NO3S/c1-3-4-5-6-8-19-11-13-21(14-12-19)26-20(15-18-24(26)27)9-7-10-22-16-17-23(30-22)25(28)29-2/h11-14,16-17,20H,3-10,15,18H2,1-2H3/t20-/m0/s1. The molecular formula is C25H33NO3S. The van der Waals surface area contributed by atoms with Crippen LogP contribution >= 0.6 is 11.3 Å². The van der Waals surface area contributed by atoms with Gasteiger partial charge in [-0.05, 0) is 68.4 Å². The van der Waals surface area contributed by atoms with Gasteiger partial charge in [0.2, 0.25) is 5.91 Å². The molecule has 0 spiro atoms. The summed E-state index contributed by atoms with van der Waals surface area (Å²) in [6.45, 7) is 2.23. The Kier molecular flexibility index (Phi) is 8.50. The maximum Gasteiger partial charge on any atom is 0.348 e. The number of nitrogens with zero attached hydrogens (tertiary/aromatic N) is 1. The van der Waals surface area contributed by atoms with Crippen molar-refractivity contribution >= 4 is 28.9 Å². The number of hydrogen-bond donors (Lipinski definition) is 0. The lowest BCUT2D eigenvalue weighted by Gasteiger charge is -2.25. The van der Waals surface area contributed by atoms with E-state index in [0.29, 0.717) is 11.3 Å². The minimum Gasteiger partial charge on any atom is -0.465 e. The second kappa shape index (κ2) is 11.3. The zero-order chi connectivity index (χ0) is 21.3. The average Bonchev–Trinajstić information content (AvgIpc) is 3.38. The third-order valence-electron chi connectivity index (χ3n) is 5.87. The summed E-state index contributed by atoms with van der Waals surface area (Å²) < 4.78 is 4.78. The van der Waals surface area contributed by atoms with Crippen molar-refractivity contribution in [2.45, 2.75) is 77.2 Å². The number of benzene rings is 1. The molecule has 4 nitrogen and oxygen atoms in total. The van der Waals surface area contributed by atoms with Crippen molar-refractivity contribution in [2.75, 3.05) is 12.0 Å². The quantitative estimate of drug-likeness (QED) is 0.318. The van der Waals surface area contributed by atoms with Crippen molar-refractivity contribution in [3.8, 4) is 0 Å². The predicted octanol–water partition coefficient (Wildman–Crippen LogP) is 6.18. The smallest absolute Gasteiger partial charge is 0.348 e. The number of rotatable bonds is 11. The number of anilines is 1. The second-order valence-electron chi connectivity index (χ2n) is 8.08. The average molecular weight is 428 g/mol. The van der Waals surface area contributed by atoms with Gasteiger partial charge in [-0.1, -0.05) is 38.3 Å². The minimum absolute atomic E-state index is 0.236. The van der Waals surface area contributed by atoms with E-state index in [9.17, 15) is 9.59 Å². The predicted molar refractivity (Wildman–Crippen MR) is 123 cm³/mol. The Morgan fingerprint density at radius 3 is 2.60 bits per heavy atom. The van der Waals surface area contributed by atoms with E-state index in [1.807, 2.05) is 17.0 Å². The van der Waals surface area contributed by atoms with E-state index in [-0.39, 0.29) is 17.9 Å². The highest BCUT2D eigenvalue weighted by Gasteiger charge is 2.31. The molecule has 0 unspecified atom stereocenters. The van der Waals surface area contributed by atoms with Crippen molar-refractivity contribution in [1.29, 1.82) is 0 Å². The van der Waals surface area contributed by atoms with Crippen LogP contribution in [-0.2, 0) is 22.4 Å². The molecule has 0 saturated carbocycles. The first-order valence-corrected chi connectivity index (χ1v) is 12.0. The van der Waals surface area contributed by atoms with Crippen molar-refractivity contribution in [3.05, 3.63) is 51.7 Å². The monoisotopic (exact) mass is 427 g/mol. The van der Waals surface area contributed by atoms with E-state index in [1.165, 1.54) is 54.6 Å². The molecule has 1 fully saturated rings. The molecule has 5 heteroatoms. The van der Waals surface area contributed by atoms with Crippen LogP contribution in [0.25, 0.3) is 0 Å². The van der Waals surface area contributed by atoms with Crippen molar-refractivity contribution < 1.29 is 14.3 Å². The van der Waals surface area contributed by atoms with Gasteiger partial charge in [0.05, 0.1) is 7.11 Å². The van der Waals surface area contributed by atoms with E-state index >= 15 is 0 Å². The van der Waals surface area contributed by atoms with Crippen LogP contribution in [0, 0.1) is 0 Å². The van der Waals surface area contributed by atoms with Crippen molar-refractivity contribution in [3.63, 3.8) is 0 Å². The van der Waals surface area contributed by atoms with Crippen LogP contribution in [0.3, 0.4) is 0 Å². The van der Waals surface area contributed by atoms with Crippen LogP contribution in [0.15, 0.2) is 36.4 Å².